The number of thiazole rings is 1. The van der Waals surface area contributed by atoms with Crippen LogP contribution in [0.4, 0.5) is 16.5 Å². The van der Waals surface area contributed by atoms with Crippen molar-refractivity contribution in [2.75, 3.05) is 61.0 Å². The minimum Gasteiger partial charge on any atom is -0.466 e. The number of aryl methyl sites for hydroxylation is 1. The lowest BCUT2D eigenvalue weighted by Crippen LogP contribution is -2.50. The minimum absolute atomic E-state index is 0.0934. The minimum atomic E-state index is -3.85. The zero-order valence-electron chi connectivity index (χ0n) is 24.4. The molecule has 2 aliphatic heterocycles. The fourth-order valence-electron chi connectivity index (χ4n) is 5.46. The first-order valence-corrected chi connectivity index (χ1v) is 16.4. The molecule has 2 aromatic heterocycles. The number of piperidine rings is 1. The quantitative estimate of drug-likeness (QED) is 0.368. The number of amides is 1. The highest BCUT2D eigenvalue weighted by molar-refractivity contribution is 7.91. The van der Waals surface area contributed by atoms with Crippen LogP contribution < -0.4 is 20.7 Å². The van der Waals surface area contributed by atoms with Gasteiger partial charge < -0.3 is 19.9 Å². The predicted octanol–water partition coefficient (Wildman–Crippen LogP) is 2.25. The molecule has 0 saturated carbocycles. The summed E-state index contributed by atoms with van der Waals surface area (Å²) in [5.74, 6) is -0.955. The van der Waals surface area contributed by atoms with Gasteiger partial charge in [0.2, 0.25) is 5.91 Å². The molecule has 0 bridgehead atoms. The van der Waals surface area contributed by atoms with Crippen LogP contribution in [0.15, 0.2) is 45.5 Å². The van der Waals surface area contributed by atoms with E-state index in [2.05, 4.69) is 15.4 Å². The van der Waals surface area contributed by atoms with Crippen molar-refractivity contribution in [3.8, 4) is 5.69 Å². The number of carbonyl (C=O) groups is 2. The zero-order valence-corrected chi connectivity index (χ0v) is 26.0. The highest BCUT2D eigenvalue weighted by atomic mass is 32.2. The van der Waals surface area contributed by atoms with E-state index in [1.807, 2.05) is 28.0 Å². The molecule has 1 N–H and O–H groups in total. The number of piperazine rings is 1. The molecule has 13 nitrogen and oxygen atoms in total. The monoisotopic (exact) mass is 629 g/mol. The molecular weight excluding hydrogens is 594 g/mol. The highest BCUT2D eigenvalue weighted by Crippen LogP contribution is 2.33. The van der Waals surface area contributed by atoms with Crippen LogP contribution in [0.25, 0.3) is 5.69 Å². The Morgan fingerprint density at radius 2 is 1.81 bits per heavy atom. The summed E-state index contributed by atoms with van der Waals surface area (Å²) in [5.41, 5.74) is 1.67. The number of hydrogen-bond donors (Lipinski definition) is 1. The van der Waals surface area contributed by atoms with E-state index in [4.69, 9.17) is 4.74 Å². The fourth-order valence-corrected chi connectivity index (χ4v) is 8.48. The number of aromatic nitrogens is 3. The van der Waals surface area contributed by atoms with Crippen LogP contribution in [-0.2, 0) is 24.3 Å². The van der Waals surface area contributed by atoms with E-state index < -0.39 is 10.0 Å². The van der Waals surface area contributed by atoms with Gasteiger partial charge in [0.25, 0.3) is 15.6 Å². The first kappa shape index (κ1) is 30.6. The molecule has 1 unspecified atom stereocenters. The van der Waals surface area contributed by atoms with Gasteiger partial charge in [-0.05, 0) is 38.8 Å². The van der Waals surface area contributed by atoms with Gasteiger partial charge in [0.15, 0.2) is 9.34 Å². The van der Waals surface area contributed by atoms with Gasteiger partial charge in [-0.2, -0.15) is 14.1 Å². The number of benzene rings is 1. The Bertz CT molecular complexity index is 1650. The number of hydrogen-bond acceptors (Lipinski definition) is 11. The lowest BCUT2D eigenvalue weighted by molar-refractivity contribution is -0.148. The number of nitrogens with one attached hydrogen (secondary N) is 1. The molecule has 0 aliphatic carbocycles. The van der Waals surface area contributed by atoms with E-state index >= 15 is 0 Å². The Hall–Kier alpha value is -3.82. The Morgan fingerprint density at radius 1 is 1.09 bits per heavy atom. The Balaban J connectivity index is 1.43. The van der Waals surface area contributed by atoms with Crippen molar-refractivity contribution < 1.29 is 22.7 Å². The number of ether oxygens (including phenoxy) is 1. The molecule has 5 rings (SSSR count). The number of nitrogens with zero attached hydrogens (tertiary/aromatic N) is 6. The second kappa shape index (κ2) is 12.8. The molecule has 1 atom stereocenters. The first-order valence-electron chi connectivity index (χ1n) is 14.2. The lowest BCUT2D eigenvalue weighted by Gasteiger charge is -2.39. The van der Waals surface area contributed by atoms with Gasteiger partial charge in [-0.15, -0.1) is 0 Å². The molecule has 2 fully saturated rings. The third kappa shape index (κ3) is 6.43. The third-order valence-electron chi connectivity index (χ3n) is 7.48. The maximum absolute atomic E-state index is 14.0. The number of para-hydroxylation sites is 1. The zero-order chi connectivity index (χ0) is 30.7. The van der Waals surface area contributed by atoms with Crippen LogP contribution in [0.5, 0.6) is 0 Å². The largest absolute Gasteiger partial charge is 0.466 e. The SMILES string of the molecule is CCOC(=O)C1CCCN(c2c(N3CCN(S(=O)(=O)c4sc(NC(C)=O)nc4C)CC3)cnn(-c3ccccc3)c2=O)C1. The third-order valence-corrected chi connectivity index (χ3v) is 11.0. The van der Waals surface area contributed by atoms with E-state index in [1.165, 1.54) is 15.9 Å². The Labute approximate surface area is 254 Å². The maximum Gasteiger partial charge on any atom is 0.310 e. The second-order valence-electron chi connectivity index (χ2n) is 10.4. The summed E-state index contributed by atoms with van der Waals surface area (Å²) in [6.45, 7) is 6.96. The lowest BCUT2D eigenvalue weighted by atomic mass is 9.97. The van der Waals surface area contributed by atoms with Crippen LogP contribution in [0.1, 0.15) is 32.4 Å². The molecule has 4 heterocycles. The normalized spacial score (nSPS) is 18.0. The molecule has 0 radical (unpaired) electrons. The van der Waals surface area contributed by atoms with Gasteiger partial charge in [0.1, 0.15) is 5.69 Å². The van der Waals surface area contributed by atoms with E-state index in [1.54, 1.807) is 32.2 Å². The molecule has 3 aromatic rings. The summed E-state index contributed by atoms with van der Waals surface area (Å²) in [5, 5.41) is 7.27. The van der Waals surface area contributed by atoms with E-state index in [0.29, 0.717) is 62.0 Å². The molecular formula is C28H35N7O6S2. The summed E-state index contributed by atoms with van der Waals surface area (Å²) in [4.78, 5) is 46.2. The van der Waals surface area contributed by atoms with Crippen molar-refractivity contribution in [3.05, 3.63) is 52.6 Å². The van der Waals surface area contributed by atoms with E-state index in [9.17, 15) is 22.8 Å². The van der Waals surface area contributed by atoms with Crippen molar-refractivity contribution in [3.63, 3.8) is 0 Å². The van der Waals surface area contributed by atoms with Crippen molar-refractivity contribution >= 4 is 49.7 Å². The van der Waals surface area contributed by atoms with Crippen LogP contribution in [0, 0.1) is 12.8 Å². The standard InChI is InChI=1S/C28H35N7O6S2/c1-4-41-26(38)21-9-8-12-33(18-21)24-23(17-29-35(25(24)37)22-10-6-5-7-11-22)32-13-15-34(16-14-32)43(39,40)27-19(2)30-28(42-27)31-20(3)36/h5-7,10-11,17,21H,4,8-9,12-16,18H2,1-3H3,(H,30,31,36). The first-order chi connectivity index (χ1) is 20.6. The summed E-state index contributed by atoms with van der Waals surface area (Å²) in [6.07, 6.45) is 3.05. The summed E-state index contributed by atoms with van der Waals surface area (Å²) >= 11 is 0.929. The Kier molecular flexibility index (Phi) is 9.13. The van der Waals surface area contributed by atoms with Crippen LogP contribution in [-0.4, -0.2) is 85.2 Å². The van der Waals surface area contributed by atoms with Gasteiger partial charge in [0.05, 0.1) is 35.8 Å². The second-order valence-corrected chi connectivity index (χ2v) is 13.6. The number of sulfonamides is 1. The number of carbonyl (C=O) groups excluding carboxylic acids is 2. The van der Waals surface area contributed by atoms with Gasteiger partial charge >= 0.3 is 5.97 Å². The maximum atomic E-state index is 14.0. The summed E-state index contributed by atoms with van der Waals surface area (Å²) in [6, 6.07) is 9.13. The average molecular weight is 630 g/mol. The smallest absolute Gasteiger partial charge is 0.310 e. The molecule has 230 valence electrons. The van der Waals surface area contributed by atoms with Crippen molar-refractivity contribution in [1.29, 1.82) is 0 Å². The van der Waals surface area contributed by atoms with Gasteiger partial charge in [-0.1, -0.05) is 29.5 Å². The average Bonchev–Trinajstić information content (AvgIpc) is 3.37. The predicted molar refractivity (Wildman–Crippen MR) is 164 cm³/mol. The summed E-state index contributed by atoms with van der Waals surface area (Å²) < 4.78 is 35.2. The van der Waals surface area contributed by atoms with Crippen LogP contribution in [0.2, 0.25) is 0 Å². The molecule has 0 spiro atoms. The fraction of sp³-hybridized carbons (Fsp3) is 0.464. The number of anilines is 3. The van der Waals surface area contributed by atoms with E-state index in [-0.39, 0.29) is 45.8 Å². The van der Waals surface area contributed by atoms with Crippen molar-refractivity contribution in [1.82, 2.24) is 19.1 Å². The molecule has 15 heteroatoms. The molecule has 43 heavy (non-hydrogen) atoms. The molecule has 1 amide bonds. The topological polar surface area (TPSA) is 147 Å². The Morgan fingerprint density at radius 3 is 2.49 bits per heavy atom. The molecule has 2 aliphatic rings. The van der Waals surface area contributed by atoms with Crippen LogP contribution in [0.3, 0.4) is 0 Å². The van der Waals surface area contributed by atoms with Crippen molar-refractivity contribution in [2.24, 2.45) is 5.92 Å². The highest BCUT2D eigenvalue weighted by Gasteiger charge is 2.35. The van der Waals surface area contributed by atoms with Crippen LogP contribution >= 0.6 is 11.3 Å². The summed E-state index contributed by atoms with van der Waals surface area (Å²) in [7, 11) is -3.85. The van der Waals surface area contributed by atoms with Gasteiger partial charge in [-0.3, -0.25) is 14.4 Å². The van der Waals surface area contributed by atoms with Gasteiger partial charge in [0, 0.05) is 46.2 Å². The van der Waals surface area contributed by atoms with Crippen molar-refractivity contribution in [2.45, 2.75) is 37.8 Å². The van der Waals surface area contributed by atoms with Gasteiger partial charge in [-0.25, -0.2) is 13.4 Å². The molecule has 2 saturated heterocycles. The number of rotatable bonds is 8. The van der Waals surface area contributed by atoms with E-state index in [0.717, 1.165) is 17.8 Å². The molecule has 1 aromatic carbocycles. The number of esters is 1.